The third kappa shape index (κ3) is 3.93. The number of ether oxygens (including phenoxy) is 2. The molecule has 3 heterocycles. The molecule has 0 bridgehead atoms. The van der Waals surface area contributed by atoms with E-state index in [1.165, 1.54) is 12.1 Å². The van der Waals surface area contributed by atoms with Crippen LogP contribution in [0.3, 0.4) is 0 Å². The van der Waals surface area contributed by atoms with E-state index in [1.54, 1.807) is 31.6 Å². The monoisotopic (exact) mass is 396 g/mol. The summed E-state index contributed by atoms with van der Waals surface area (Å²) >= 11 is 0. The molecule has 0 radical (unpaired) electrons. The molecule has 0 spiro atoms. The van der Waals surface area contributed by atoms with Crippen molar-refractivity contribution in [1.29, 1.82) is 0 Å². The molecular weight excluding hydrogens is 375 g/mol. The minimum absolute atomic E-state index is 0.158. The van der Waals surface area contributed by atoms with Crippen molar-refractivity contribution in [2.75, 3.05) is 32.2 Å². The number of fused-ring (bicyclic) bond motifs is 1. The molecule has 0 unspecified atom stereocenters. The van der Waals surface area contributed by atoms with Crippen molar-refractivity contribution in [3.63, 3.8) is 0 Å². The van der Waals surface area contributed by atoms with E-state index in [0.29, 0.717) is 54.6 Å². The van der Waals surface area contributed by atoms with Crippen molar-refractivity contribution in [2.45, 2.75) is 6.42 Å². The highest BCUT2D eigenvalue weighted by atomic mass is 19.1. The van der Waals surface area contributed by atoms with Crippen LogP contribution in [0.5, 0.6) is 5.75 Å². The van der Waals surface area contributed by atoms with Gasteiger partial charge in [0.05, 0.1) is 29.7 Å². The largest absolute Gasteiger partial charge is 0.489 e. The van der Waals surface area contributed by atoms with Crippen molar-refractivity contribution in [2.24, 2.45) is 0 Å². The highest BCUT2D eigenvalue weighted by molar-refractivity contribution is 6.06. The van der Waals surface area contributed by atoms with Crippen molar-refractivity contribution in [3.8, 4) is 17.0 Å². The van der Waals surface area contributed by atoms with Crippen LogP contribution >= 0.6 is 0 Å². The van der Waals surface area contributed by atoms with E-state index in [4.69, 9.17) is 9.47 Å². The van der Waals surface area contributed by atoms with Gasteiger partial charge >= 0.3 is 0 Å². The number of hydrogen-bond donors (Lipinski definition) is 3. The smallest absolute Gasteiger partial charge is 0.255 e. The van der Waals surface area contributed by atoms with Crippen LogP contribution in [0.2, 0.25) is 0 Å². The fourth-order valence-corrected chi connectivity index (χ4v) is 3.32. The number of carbonyl (C=O) groups excluding carboxylic acids is 1. The Balaban J connectivity index is 1.79. The maximum atomic E-state index is 13.3. The molecule has 1 amide bonds. The number of benzene rings is 1. The van der Waals surface area contributed by atoms with Gasteiger partial charge in [-0.25, -0.2) is 4.39 Å². The summed E-state index contributed by atoms with van der Waals surface area (Å²) < 4.78 is 24.2. The van der Waals surface area contributed by atoms with Crippen LogP contribution in [0.4, 0.5) is 15.8 Å². The van der Waals surface area contributed by atoms with Crippen LogP contribution in [0.1, 0.15) is 16.1 Å². The number of aromatic nitrogens is 2. The molecule has 29 heavy (non-hydrogen) atoms. The molecule has 0 atom stereocenters. The van der Waals surface area contributed by atoms with Gasteiger partial charge in [-0.3, -0.25) is 9.78 Å². The number of carbonyl (C=O) groups is 1. The molecule has 1 aliphatic rings. The average Bonchev–Trinajstić information content (AvgIpc) is 3.10. The summed E-state index contributed by atoms with van der Waals surface area (Å²) in [4.78, 5) is 20.1. The van der Waals surface area contributed by atoms with E-state index in [1.807, 2.05) is 6.07 Å². The highest BCUT2D eigenvalue weighted by Gasteiger charge is 2.28. The number of H-pyrrole nitrogens is 1. The first-order valence-electron chi connectivity index (χ1n) is 9.29. The number of halogens is 1. The number of methoxy groups -OCH3 is 1. The molecule has 0 fully saturated rings. The first-order chi connectivity index (χ1) is 14.2. The van der Waals surface area contributed by atoms with Gasteiger partial charge in [-0.15, -0.1) is 0 Å². The summed E-state index contributed by atoms with van der Waals surface area (Å²) in [6.07, 6.45) is 3.98. The van der Waals surface area contributed by atoms with Crippen molar-refractivity contribution in [3.05, 3.63) is 59.8 Å². The standard InChI is InChI=1S/C21H21FN4O3/c1-28-10-11-29-17-12-23-8-6-15(17)19-20(25-14-4-2-13(22)3-5-14)18-16(26-19)7-9-24-21(18)27/h2-6,8,12,25-26H,7,9-11H2,1H3,(H,24,27). The molecule has 150 valence electrons. The van der Waals surface area contributed by atoms with Crippen molar-refractivity contribution >= 4 is 17.3 Å². The van der Waals surface area contributed by atoms with E-state index in [9.17, 15) is 9.18 Å². The summed E-state index contributed by atoms with van der Waals surface area (Å²) in [5, 5.41) is 6.15. The average molecular weight is 396 g/mol. The maximum absolute atomic E-state index is 13.3. The fourth-order valence-electron chi connectivity index (χ4n) is 3.32. The van der Waals surface area contributed by atoms with Gasteiger partial charge in [0.1, 0.15) is 18.2 Å². The van der Waals surface area contributed by atoms with Gasteiger partial charge in [0.15, 0.2) is 0 Å². The zero-order valence-corrected chi connectivity index (χ0v) is 15.9. The van der Waals surface area contributed by atoms with Gasteiger partial charge in [-0.1, -0.05) is 0 Å². The normalized spacial score (nSPS) is 13.0. The van der Waals surface area contributed by atoms with Crippen LogP contribution in [0.15, 0.2) is 42.7 Å². The van der Waals surface area contributed by atoms with E-state index in [-0.39, 0.29) is 11.7 Å². The predicted molar refractivity (Wildman–Crippen MR) is 107 cm³/mol. The first-order valence-corrected chi connectivity index (χ1v) is 9.29. The number of hydrogen-bond acceptors (Lipinski definition) is 5. The van der Waals surface area contributed by atoms with Crippen LogP contribution in [-0.2, 0) is 11.2 Å². The highest BCUT2D eigenvalue weighted by Crippen LogP contribution is 2.40. The molecule has 3 aromatic rings. The lowest BCUT2D eigenvalue weighted by molar-refractivity contribution is 0.0947. The SMILES string of the molecule is COCCOc1cnccc1-c1[nH]c2c(c1Nc1ccc(F)cc1)C(=O)NCC2. The van der Waals surface area contributed by atoms with E-state index in [0.717, 1.165) is 11.3 Å². The molecule has 0 saturated heterocycles. The summed E-state index contributed by atoms with van der Waals surface area (Å²) in [7, 11) is 1.61. The third-order valence-electron chi connectivity index (χ3n) is 4.68. The van der Waals surface area contributed by atoms with Crippen LogP contribution < -0.4 is 15.4 Å². The number of rotatable bonds is 7. The lowest BCUT2D eigenvalue weighted by Gasteiger charge is -2.15. The van der Waals surface area contributed by atoms with E-state index in [2.05, 4.69) is 20.6 Å². The topological polar surface area (TPSA) is 88.3 Å². The third-order valence-corrected chi connectivity index (χ3v) is 4.68. The Hall–Kier alpha value is -3.39. The predicted octanol–water partition coefficient (Wildman–Crippen LogP) is 3.27. The summed E-state index contributed by atoms with van der Waals surface area (Å²) in [5.41, 5.74) is 4.16. The summed E-state index contributed by atoms with van der Waals surface area (Å²) in [6.45, 7) is 1.38. The van der Waals surface area contributed by atoms with E-state index >= 15 is 0 Å². The lowest BCUT2D eigenvalue weighted by Crippen LogP contribution is -2.31. The summed E-state index contributed by atoms with van der Waals surface area (Å²) in [6, 6.07) is 7.82. The van der Waals surface area contributed by atoms with Crippen molar-refractivity contribution in [1.82, 2.24) is 15.3 Å². The van der Waals surface area contributed by atoms with Crippen LogP contribution in [-0.4, -0.2) is 42.7 Å². The number of pyridine rings is 1. The lowest BCUT2D eigenvalue weighted by atomic mass is 10.0. The maximum Gasteiger partial charge on any atom is 0.255 e. The van der Waals surface area contributed by atoms with Gasteiger partial charge in [-0.05, 0) is 30.3 Å². The van der Waals surface area contributed by atoms with Gasteiger partial charge in [0.25, 0.3) is 5.91 Å². The number of aromatic amines is 1. The Bertz CT molecular complexity index is 1020. The minimum Gasteiger partial charge on any atom is -0.489 e. The minimum atomic E-state index is -0.326. The Labute approximate surface area is 167 Å². The molecule has 2 aromatic heterocycles. The second-order valence-electron chi connectivity index (χ2n) is 6.58. The molecule has 7 nitrogen and oxygen atoms in total. The first kappa shape index (κ1) is 18.9. The summed E-state index contributed by atoms with van der Waals surface area (Å²) in [5.74, 6) is 0.0903. The van der Waals surface area contributed by atoms with Crippen molar-refractivity contribution < 1.29 is 18.7 Å². The van der Waals surface area contributed by atoms with Crippen LogP contribution in [0.25, 0.3) is 11.3 Å². The fraction of sp³-hybridized carbons (Fsp3) is 0.238. The van der Waals surface area contributed by atoms with Gasteiger partial charge in [0.2, 0.25) is 0 Å². The second-order valence-corrected chi connectivity index (χ2v) is 6.58. The zero-order valence-electron chi connectivity index (χ0n) is 15.9. The Morgan fingerprint density at radius 2 is 2.03 bits per heavy atom. The molecule has 1 aliphatic heterocycles. The second kappa shape index (κ2) is 8.32. The molecule has 1 aromatic carbocycles. The molecule has 4 rings (SSSR count). The number of nitrogens with one attached hydrogen (secondary N) is 3. The molecular formula is C21H21FN4O3. The van der Waals surface area contributed by atoms with Gasteiger partial charge in [0, 0.05) is 43.2 Å². The number of anilines is 2. The Morgan fingerprint density at radius 1 is 1.21 bits per heavy atom. The van der Waals surface area contributed by atoms with Gasteiger partial charge < -0.3 is 25.1 Å². The molecule has 8 heteroatoms. The molecule has 3 N–H and O–H groups in total. The molecule has 0 saturated carbocycles. The van der Waals surface area contributed by atoms with E-state index < -0.39 is 0 Å². The van der Waals surface area contributed by atoms with Crippen LogP contribution in [0, 0.1) is 5.82 Å². The quantitative estimate of drug-likeness (QED) is 0.534. The number of nitrogens with zero attached hydrogens (tertiary/aromatic N) is 1. The molecule has 0 aliphatic carbocycles. The zero-order chi connectivity index (χ0) is 20.2. The van der Waals surface area contributed by atoms with Gasteiger partial charge in [-0.2, -0.15) is 0 Å². The Morgan fingerprint density at radius 3 is 2.83 bits per heavy atom. The number of amides is 1. The Kier molecular flexibility index (Phi) is 5.44.